The highest BCUT2D eigenvalue weighted by Crippen LogP contribution is 1.94. The van der Waals surface area contributed by atoms with Crippen molar-refractivity contribution in [3.8, 4) is 0 Å². The molecule has 0 unspecified atom stereocenters. The first-order chi connectivity index (χ1) is 4.57. The van der Waals surface area contributed by atoms with Gasteiger partial charge in [-0.1, -0.05) is 6.92 Å². The Morgan fingerprint density at radius 3 is 2.40 bits per heavy atom. The number of carboxylic acid groups (broad SMARTS) is 1. The molecular weight excluding hydrogens is 132 g/mol. The molecule has 0 spiro atoms. The van der Waals surface area contributed by atoms with Crippen molar-refractivity contribution in [3.05, 3.63) is 0 Å². The van der Waals surface area contributed by atoms with Crippen LogP contribution in [0, 0.1) is 0 Å². The first-order valence-electron chi connectivity index (χ1n) is 3.33. The number of nitrogens with two attached hydrogens (primary N) is 1. The molecule has 1 amide bonds. The average Bonchev–Trinajstić information content (AvgIpc) is 1.81. The van der Waals surface area contributed by atoms with Crippen molar-refractivity contribution in [3.63, 3.8) is 0 Å². The fourth-order valence-corrected chi connectivity index (χ4v) is 0.764. The van der Waals surface area contributed by atoms with E-state index in [-0.39, 0.29) is 12.1 Å². The molecule has 0 bridgehead atoms. The van der Waals surface area contributed by atoms with Crippen molar-refractivity contribution in [1.82, 2.24) is 5.32 Å². The monoisotopic (exact) mass is 146 g/mol. The first kappa shape index (κ1) is 9.23. The third kappa shape index (κ3) is 3.29. The Hall–Kier alpha value is -0.770. The molecule has 0 aliphatic heterocycles. The van der Waals surface area contributed by atoms with Gasteiger partial charge >= 0.3 is 6.09 Å². The van der Waals surface area contributed by atoms with Gasteiger partial charge in [0.1, 0.15) is 0 Å². The Morgan fingerprint density at radius 1 is 1.80 bits per heavy atom. The van der Waals surface area contributed by atoms with Crippen LogP contribution in [0.5, 0.6) is 0 Å². The highest BCUT2D eigenvalue weighted by atomic mass is 16.4. The molecule has 4 nitrogen and oxygen atoms in total. The Kier molecular flexibility index (Phi) is 3.79. The summed E-state index contributed by atoms with van der Waals surface area (Å²) in [7, 11) is 0. The Bertz CT molecular complexity index is 114. The number of amides is 1. The van der Waals surface area contributed by atoms with E-state index in [0.29, 0.717) is 0 Å². The average molecular weight is 146 g/mol. The van der Waals surface area contributed by atoms with Crippen molar-refractivity contribution >= 4 is 6.09 Å². The van der Waals surface area contributed by atoms with E-state index in [9.17, 15) is 4.79 Å². The molecule has 0 saturated carbocycles. The van der Waals surface area contributed by atoms with Gasteiger partial charge in [-0.05, 0) is 13.3 Å². The lowest BCUT2D eigenvalue weighted by molar-refractivity contribution is 0.187. The zero-order valence-electron chi connectivity index (χ0n) is 6.29. The Labute approximate surface area is 60.4 Å². The number of rotatable bonds is 3. The van der Waals surface area contributed by atoms with Gasteiger partial charge in [-0.15, -0.1) is 0 Å². The molecular formula is C6H14N2O2. The van der Waals surface area contributed by atoms with Crippen LogP contribution >= 0.6 is 0 Å². The largest absolute Gasteiger partial charge is 0.465 e. The molecule has 2 atom stereocenters. The molecule has 4 N–H and O–H groups in total. The molecule has 0 fully saturated rings. The second-order valence-corrected chi connectivity index (χ2v) is 2.32. The minimum atomic E-state index is -1.01. The van der Waals surface area contributed by atoms with E-state index in [2.05, 4.69) is 5.32 Å². The number of hydrogen-bond donors (Lipinski definition) is 3. The van der Waals surface area contributed by atoms with Crippen LogP contribution in [0.1, 0.15) is 20.3 Å². The number of carbonyl (C=O) groups is 1. The van der Waals surface area contributed by atoms with Crippen LogP contribution in [-0.2, 0) is 0 Å². The normalized spacial score (nSPS) is 15.9. The molecule has 0 radical (unpaired) electrons. The van der Waals surface area contributed by atoms with Crippen LogP contribution in [-0.4, -0.2) is 23.3 Å². The minimum Gasteiger partial charge on any atom is -0.465 e. The summed E-state index contributed by atoms with van der Waals surface area (Å²) in [6.07, 6.45) is -0.284. The number of nitrogens with one attached hydrogen (secondary N) is 1. The summed E-state index contributed by atoms with van der Waals surface area (Å²) in [6, 6.07) is -0.251. The van der Waals surface area contributed by atoms with E-state index in [1.807, 2.05) is 6.92 Å². The van der Waals surface area contributed by atoms with Crippen molar-refractivity contribution in [2.24, 2.45) is 5.73 Å². The van der Waals surface area contributed by atoms with Crippen molar-refractivity contribution < 1.29 is 9.90 Å². The molecule has 0 saturated heterocycles. The highest BCUT2D eigenvalue weighted by Gasteiger charge is 2.12. The Morgan fingerprint density at radius 2 is 2.30 bits per heavy atom. The standard InChI is InChI=1S/C6H14N2O2/c1-3-5(4(2)7)8-6(9)10/h4-5,8H,3,7H2,1-2H3,(H,9,10)/t4-,5+/m1/s1. The van der Waals surface area contributed by atoms with Gasteiger partial charge in [0.2, 0.25) is 0 Å². The van der Waals surface area contributed by atoms with Crippen molar-refractivity contribution in [2.45, 2.75) is 32.4 Å². The predicted octanol–water partition coefficient (Wildman–Crippen LogP) is 0.380. The third-order valence-electron chi connectivity index (χ3n) is 1.38. The van der Waals surface area contributed by atoms with Crippen LogP contribution in [0.15, 0.2) is 0 Å². The fraction of sp³-hybridized carbons (Fsp3) is 0.833. The summed E-state index contributed by atoms with van der Waals surface area (Å²) < 4.78 is 0. The lowest BCUT2D eigenvalue weighted by Gasteiger charge is -2.17. The predicted molar refractivity (Wildman–Crippen MR) is 38.9 cm³/mol. The van der Waals surface area contributed by atoms with Gasteiger partial charge in [-0.2, -0.15) is 0 Å². The van der Waals surface area contributed by atoms with E-state index in [0.717, 1.165) is 6.42 Å². The summed E-state index contributed by atoms with van der Waals surface area (Å²) in [5.41, 5.74) is 5.47. The van der Waals surface area contributed by atoms with Gasteiger partial charge in [0.15, 0.2) is 0 Å². The van der Waals surface area contributed by atoms with Crippen molar-refractivity contribution in [1.29, 1.82) is 0 Å². The highest BCUT2D eigenvalue weighted by molar-refractivity contribution is 5.64. The molecule has 0 heterocycles. The fourth-order valence-electron chi connectivity index (χ4n) is 0.764. The van der Waals surface area contributed by atoms with Gasteiger partial charge < -0.3 is 16.2 Å². The molecule has 0 aliphatic rings. The van der Waals surface area contributed by atoms with E-state index in [1.54, 1.807) is 6.92 Å². The summed E-state index contributed by atoms with van der Waals surface area (Å²) in [5.74, 6) is 0. The lowest BCUT2D eigenvalue weighted by Crippen LogP contribution is -2.45. The maximum Gasteiger partial charge on any atom is 0.404 e. The third-order valence-corrected chi connectivity index (χ3v) is 1.38. The quantitative estimate of drug-likeness (QED) is 0.538. The zero-order valence-corrected chi connectivity index (χ0v) is 6.29. The number of hydrogen-bond acceptors (Lipinski definition) is 2. The van der Waals surface area contributed by atoms with Gasteiger partial charge in [-0.25, -0.2) is 4.79 Å². The maximum absolute atomic E-state index is 10.1. The zero-order chi connectivity index (χ0) is 8.15. The van der Waals surface area contributed by atoms with Crippen LogP contribution in [0.4, 0.5) is 4.79 Å². The molecule has 0 aliphatic carbocycles. The lowest BCUT2D eigenvalue weighted by atomic mass is 10.1. The summed E-state index contributed by atoms with van der Waals surface area (Å²) in [6.45, 7) is 3.67. The summed E-state index contributed by atoms with van der Waals surface area (Å²) in [4.78, 5) is 10.1. The van der Waals surface area contributed by atoms with Gasteiger partial charge in [0, 0.05) is 12.1 Å². The second kappa shape index (κ2) is 4.11. The van der Waals surface area contributed by atoms with Gasteiger partial charge in [-0.3, -0.25) is 0 Å². The molecule has 0 aromatic carbocycles. The van der Waals surface area contributed by atoms with E-state index >= 15 is 0 Å². The Balaban J connectivity index is 3.71. The van der Waals surface area contributed by atoms with E-state index in [1.165, 1.54) is 0 Å². The van der Waals surface area contributed by atoms with E-state index < -0.39 is 6.09 Å². The van der Waals surface area contributed by atoms with Crippen LogP contribution in [0.2, 0.25) is 0 Å². The van der Waals surface area contributed by atoms with Crippen LogP contribution in [0.25, 0.3) is 0 Å². The summed E-state index contributed by atoms with van der Waals surface area (Å²) >= 11 is 0. The second-order valence-electron chi connectivity index (χ2n) is 2.32. The SMILES string of the molecule is CC[C@H](NC(=O)O)[C@@H](C)N. The molecule has 60 valence electrons. The molecule has 0 aromatic rings. The molecule has 10 heavy (non-hydrogen) atoms. The molecule has 0 rings (SSSR count). The van der Waals surface area contributed by atoms with Crippen LogP contribution in [0.3, 0.4) is 0 Å². The topological polar surface area (TPSA) is 75.3 Å². The smallest absolute Gasteiger partial charge is 0.404 e. The minimum absolute atomic E-state index is 0.124. The van der Waals surface area contributed by atoms with Crippen molar-refractivity contribution in [2.75, 3.05) is 0 Å². The molecule has 0 aromatic heterocycles. The maximum atomic E-state index is 10.1. The molecule has 4 heteroatoms. The van der Waals surface area contributed by atoms with E-state index in [4.69, 9.17) is 10.8 Å². The first-order valence-corrected chi connectivity index (χ1v) is 3.33. The van der Waals surface area contributed by atoms with Crippen LogP contribution < -0.4 is 11.1 Å². The van der Waals surface area contributed by atoms with Gasteiger partial charge in [0.25, 0.3) is 0 Å². The summed E-state index contributed by atoms with van der Waals surface area (Å²) in [5, 5.41) is 10.6. The van der Waals surface area contributed by atoms with Gasteiger partial charge in [0.05, 0.1) is 0 Å².